The van der Waals surface area contributed by atoms with Crippen molar-refractivity contribution in [1.82, 2.24) is 14.8 Å². The number of hydrogen-bond donors (Lipinski definition) is 1. The van der Waals surface area contributed by atoms with E-state index in [4.69, 9.17) is 4.74 Å². The number of carbonyl (C=O) groups is 2. The summed E-state index contributed by atoms with van der Waals surface area (Å²) in [4.78, 5) is 24.3. The topological polar surface area (TPSA) is 86.1 Å². The van der Waals surface area contributed by atoms with Crippen LogP contribution in [0.2, 0.25) is 0 Å². The Bertz CT molecular complexity index is 1150. The van der Waals surface area contributed by atoms with E-state index in [9.17, 15) is 14.0 Å². The summed E-state index contributed by atoms with van der Waals surface area (Å²) in [5.41, 5.74) is 1.52. The van der Waals surface area contributed by atoms with Crippen molar-refractivity contribution in [3.05, 3.63) is 84.0 Å². The van der Waals surface area contributed by atoms with Gasteiger partial charge < -0.3 is 14.6 Å². The Hall–Kier alpha value is -3.11. The monoisotopic (exact) mass is 500 g/mol. The van der Waals surface area contributed by atoms with Gasteiger partial charge in [-0.25, -0.2) is 9.18 Å². The van der Waals surface area contributed by atoms with Gasteiger partial charge in [0.25, 0.3) is 0 Å². The number of rotatable bonds is 12. The zero-order valence-electron chi connectivity index (χ0n) is 18.7. The van der Waals surface area contributed by atoms with Crippen molar-refractivity contribution in [3.63, 3.8) is 0 Å². The highest BCUT2D eigenvalue weighted by atomic mass is 32.2. The maximum atomic E-state index is 13.8. The van der Waals surface area contributed by atoms with Crippen molar-refractivity contribution in [1.29, 1.82) is 0 Å². The molecule has 0 atom stereocenters. The summed E-state index contributed by atoms with van der Waals surface area (Å²) in [6, 6.07) is 13.3. The number of aromatic nitrogens is 3. The van der Waals surface area contributed by atoms with Crippen molar-refractivity contribution in [2.24, 2.45) is 0 Å². The lowest BCUT2D eigenvalue weighted by Gasteiger charge is -2.09. The minimum absolute atomic E-state index is 0.112. The fourth-order valence-corrected chi connectivity index (χ4v) is 4.70. The normalized spacial score (nSPS) is 10.6. The predicted octanol–water partition coefficient (Wildman–Crippen LogP) is 4.94. The molecule has 0 saturated carbocycles. The first-order valence-corrected chi connectivity index (χ1v) is 12.7. The number of nitrogens with one attached hydrogen (secondary N) is 1. The number of thioether (sulfide) groups is 2. The molecule has 10 heteroatoms. The molecule has 1 aromatic heterocycles. The van der Waals surface area contributed by atoms with Crippen LogP contribution in [0.25, 0.3) is 0 Å². The van der Waals surface area contributed by atoms with Crippen LogP contribution in [0.1, 0.15) is 28.7 Å². The molecule has 1 heterocycles. The molecule has 0 radical (unpaired) electrons. The van der Waals surface area contributed by atoms with E-state index in [2.05, 4.69) is 22.1 Å². The summed E-state index contributed by atoms with van der Waals surface area (Å²) in [7, 11) is 0. The maximum Gasteiger partial charge on any atom is 0.338 e. The Balaban J connectivity index is 1.57. The van der Waals surface area contributed by atoms with E-state index in [1.54, 1.807) is 49.4 Å². The van der Waals surface area contributed by atoms with Crippen molar-refractivity contribution in [3.8, 4) is 0 Å². The number of nitrogens with zero attached hydrogens (tertiary/aromatic N) is 3. The van der Waals surface area contributed by atoms with Crippen molar-refractivity contribution < 1.29 is 18.7 Å². The summed E-state index contributed by atoms with van der Waals surface area (Å²) in [6.07, 6.45) is 1.74. The van der Waals surface area contributed by atoms with Crippen molar-refractivity contribution >= 4 is 41.1 Å². The maximum absolute atomic E-state index is 13.8. The Morgan fingerprint density at radius 1 is 1.18 bits per heavy atom. The Labute approximate surface area is 206 Å². The number of halogens is 1. The molecule has 1 amide bonds. The van der Waals surface area contributed by atoms with Crippen LogP contribution in [0.15, 0.2) is 66.3 Å². The van der Waals surface area contributed by atoms with Gasteiger partial charge in [-0.15, -0.1) is 28.5 Å². The third kappa shape index (κ3) is 7.19. The second kappa shape index (κ2) is 13.0. The zero-order chi connectivity index (χ0) is 24.3. The van der Waals surface area contributed by atoms with Gasteiger partial charge in [-0.3, -0.25) is 4.79 Å². The largest absolute Gasteiger partial charge is 0.462 e. The van der Waals surface area contributed by atoms with Gasteiger partial charge >= 0.3 is 5.97 Å². The van der Waals surface area contributed by atoms with Gasteiger partial charge in [0.15, 0.2) is 5.16 Å². The Kier molecular flexibility index (Phi) is 9.72. The van der Waals surface area contributed by atoms with Crippen LogP contribution in [0.3, 0.4) is 0 Å². The first kappa shape index (κ1) is 25.5. The molecule has 0 spiro atoms. The van der Waals surface area contributed by atoms with Crippen LogP contribution < -0.4 is 5.32 Å². The molecule has 3 rings (SSSR count). The molecule has 7 nitrogen and oxygen atoms in total. The van der Waals surface area contributed by atoms with E-state index in [1.165, 1.54) is 29.6 Å². The van der Waals surface area contributed by atoms with Crippen molar-refractivity contribution in [2.75, 3.05) is 17.7 Å². The lowest BCUT2D eigenvalue weighted by Crippen LogP contribution is -2.15. The Morgan fingerprint density at radius 3 is 2.76 bits per heavy atom. The third-order valence-corrected chi connectivity index (χ3v) is 6.49. The van der Waals surface area contributed by atoms with Gasteiger partial charge in [-0.2, -0.15) is 0 Å². The molecule has 0 aliphatic rings. The van der Waals surface area contributed by atoms with Crippen LogP contribution in [-0.4, -0.2) is 39.0 Å². The van der Waals surface area contributed by atoms with E-state index in [1.807, 2.05) is 10.6 Å². The average Bonchev–Trinajstić information content (AvgIpc) is 3.21. The fourth-order valence-electron chi connectivity index (χ4n) is 2.98. The third-order valence-electron chi connectivity index (χ3n) is 4.54. The first-order valence-electron chi connectivity index (χ1n) is 10.6. The van der Waals surface area contributed by atoms with Gasteiger partial charge in [-0.1, -0.05) is 42.1 Å². The second-order valence-corrected chi connectivity index (χ2v) is 8.95. The molecule has 0 aliphatic heterocycles. The molecule has 34 heavy (non-hydrogen) atoms. The molecule has 1 N–H and O–H groups in total. The van der Waals surface area contributed by atoms with Gasteiger partial charge in [0.2, 0.25) is 5.91 Å². The summed E-state index contributed by atoms with van der Waals surface area (Å²) >= 11 is 2.79. The molecule has 3 aromatic rings. The van der Waals surface area contributed by atoms with Crippen LogP contribution in [0.4, 0.5) is 10.1 Å². The quantitative estimate of drug-likeness (QED) is 0.214. The predicted molar refractivity (Wildman–Crippen MR) is 133 cm³/mol. The highest BCUT2D eigenvalue weighted by Crippen LogP contribution is 2.23. The van der Waals surface area contributed by atoms with Crippen LogP contribution in [0.5, 0.6) is 0 Å². The number of esters is 1. The number of anilines is 1. The Morgan fingerprint density at radius 2 is 2.00 bits per heavy atom. The number of benzene rings is 2. The molecular weight excluding hydrogens is 475 g/mol. The van der Waals surface area contributed by atoms with Gasteiger partial charge in [0, 0.05) is 18.0 Å². The van der Waals surface area contributed by atoms with E-state index in [0.717, 1.165) is 5.82 Å². The average molecular weight is 501 g/mol. The summed E-state index contributed by atoms with van der Waals surface area (Å²) in [5.74, 6) is 0.997. The second-order valence-electron chi connectivity index (χ2n) is 7.02. The van der Waals surface area contributed by atoms with E-state index >= 15 is 0 Å². The fraction of sp³-hybridized carbons (Fsp3) is 0.250. The summed E-state index contributed by atoms with van der Waals surface area (Å²) in [6.45, 7) is 6.29. The highest BCUT2D eigenvalue weighted by molar-refractivity contribution is 7.99. The molecular formula is C24H25FN4O3S2. The van der Waals surface area contributed by atoms with Crippen LogP contribution >= 0.6 is 23.5 Å². The SMILES string of the molecule is C=CCn1c(CSCc2ccccc2F)nnc1SCC(=O)Nc1cccc(C(=O)OCC)c1. The smallest absolute Gasteiger partial charge is 0.338 e. The molecule has 0 unspecified atom stereocenters. The number of allylic oxidation sites excluding steroid dienone is 1. The van der Waals surface area contributed by atoms with E-state index in [0.29, 0.717) is 40.0 Å². The van der Waals surface area contributed by atoms with Gasteiger partial charge in [-0.05, 0) is 36.8 Å². The number of ether oxygens (including phenoxy) is 1. The first-order chi connectivity index (χ1) is 16.5. The molecule has 0 bridgehead atoms. The molecule has 0 saturated heterocycles. The number of amides is 1. The summed E-state index contributed by atoms with van der Waals surface area (Å²) < 4.78 is 20.7. The highest BCUT2D eigenvalue weighted by Gasteiger charge is 2.15. The summed E-state index contributed by atoms with van der Waals surface area (Å²) in [5, 5.41) is 11.8. The van der Waals surface area contributed by atoms with Gasteiger partial charge in [0.05, 0.1) is 23.7 Å². The van der Waals surface area contributed by atoms with Gasteiger partial charge in [0.1, 0.15) is 11.6 Å². The molecule has 2 aromatic carbocycles. The lowest BCUT2D eigenvalue weighted by molar-refractivity contribution is -0.113. The molecule has 178 valence electrons. The molecule has 0 aliphatic carbocycles. The van der Waals surface area contributed by atoms with Crippen molar-refractivity contribution in [2.45, 2.75) is 30.1 Å². The van der Waals surface area contributed by atoms with E-state index < -0.39 is 5.97 Å². The lowest BCUT2D eigenvalue weighted by atomic mass is 10.2. The van der Waals surface area contributed by atoms with E-state index in [-0.39, 0.29) is 24.1 Å². The molecule has 0 fully saturated rings. The standard InChI is InChI=1S/C24H25FN4O3S2/c1-3-12-29-21(15-33-14-18-8-5-6-11-20(18)25)27-28-24(29)34-16-22(30)26-19-10-7-9-17(13-19)23(31)32-4-2/h3,5-11,13H,1,4,12,14-16H2,2H3,(H,26,30). The van der Waals surface area contributed by atoms with Crippen LogP contribution in [0, 0.1) is 5.82 Å². The zero-order valence-corrected chi connectivity index (χ0v) is 20.3. The van der Waals surface area contributed by atoms with Crippen LogP contribution in [-0.2, 0) is 27.6 Å². The minimum atomic E-state index is -0.439. The minimum Gasteiger partial charge on any atom is -0.462 e. The number of hydrogen-bond acceptors (Lipinski definition) is 7. The number of carbonyl (C=O) groups excluding carboxylic acids is 2.